The third-order valence-corrected chi connectivity index (χ3v) is 4.20. The summed E-state index contributed by atoms with van der Waals surface area (Å²) in [5, 5.41) is 8.28. The maximum atomic E-state index is 5.47. The lowest BCUT2D eigenvalue weighted by Gasteiger charge is -2.24. The summed E-state index contributed by atoms with van der Waals surface area (Å²) in [4.78, 5) is 0. The summed E-state index contributed by atoms with van der Waals surface area (Å²) in [6.45, 7) is 8.39. The first-order valence-corrected chi connectivity index (χ1v) is 7.58. The highest BCUT2D eigenvalue weighted by atomic mass is 16.5. The predicted molar refractivity (Wildman–Crippen MR) is 77.5 cm³/mol. The van der Waals surface area contributed by atoms with Crippen molar-refractivity contribution in [1.29, 1.82) is 0 Å². The number of aryl methyl sites for hydroxylation is 1. The Morgan fingerprint density at radius 2 is 2.00 bits per heavy atom. The van der Waals surface area contributed by atoms with Crippen LogP contribution in [0.4, 0.5) is 0 Å². The molecule has 1 N–H and O–H groups in total. The van der Waals surface area contributed by atoms with Crippen LogP contribution in [0.25, 0.3) is 0 Å². The molecule has 0 radical (unpaired) electrons. The van der Waals surface area contributed by atoms with Crippen molar-refractivity contribution < 1.29 is 4.74 Å². The highest BCUT2D eigenvalue weighted by molar-refractivity contribution is 5.30. The molecule has 108 valence electrons. The third kappa shape index (κ3) is 2.84. The van der Waals surface area contributed by atoms with Gasteiger partial charge in [-0.3, -0.25) is 4.68 Å². The van der Waals surface area contributed by atoms with Gasteiger partial charge < -0.3 is 10.1 Å². The molecule has 1 saturated heterocycles. The van der Waals surface area contributed by atoms with Crippen molar-refractivity contribution in [3.8, 4) is 0 Å². The van der Waals surface area contributed by atoms with Crippen molar-refractivity contribution in [3.05, 3.63) is 17.0 Å². The standard InChI is InChI=1S/C15H27N3O/c1-5-13-15(11(3)16-4)14(6-2)18(17-13)12-7-9-19-10-8-12/h11-12,16H,5-10H2,1-4H3. The van der Waals surface area contributed by atoms with Gasteiger partial charge in [0, 0.05) is 30.5 Å². The van der Waals surface area contributed by atoms with Gasteiger partial charge in [-0.25, -0.2) is 0 Å². The molecule has 0 aromatic carbocycles. The molecular formula is C15H27N3O. The Labute approximate surface area is 116 Å². The summed E-state index contributed by atoms with van der Waals surface area (Å²) < 4.78 is 7.77. The molecule has 0 bridgehead atoms. The molecule has 4 nitrogen and oxygen atoms in total. The van der Waals surface area contributed by atoms with Crippen LogP contribution in [-0.2, 0) is 17.6 Å². The molecule has 2 heterocycles. The van der Waals surface area contributed by atoms with Crippen LogP contribution in [0, 0.1) is 0 Å². The largest absolute Gasteiger partial charge is 0.381 e. The van der Waals surface area contributed by atoms with Gasteiger partial charge in [-0.1, -0.05) is 13.8 Å². The molecule has 0 aliphatic carbocycles. The van der Waals surface area contributed by atoms with E-state index in [0.717, 1.165) is 38.9 Å². The smallest absolute Gasteiger partial charge is 0.0672 e. The number of nitrogens with zero attached hydrogens (tertiary/aromatic N) is 2. The van der Waals surface area contributed by atoms with Gasteiger partial charge in [0.25, 0.3) is 0 Å². The van der Waals surface area contributed by atoms with Crippen molar-refractivity contribution in [2.75, 3.05) is 20.3 Å². The molecule has 1 aliphatic heterocycles. The van der Waals surface area contributed by atoms with Crippen LogP contribution in [-0.4, -0.2) is 30.0 Å². The number of ether oxygens (including phenoxy) is 1. The minimum atomic E-state index is 0.374. The van der Waals surface area contributed by atoms with Crippen LogP contribution in [0.2, 0.25) is 0 Å². The molecule has 0 amide bonds. The zero-order valence-corrected chi connectivity index (χ0v) is 12.7. The minimum Gasteiger partial charge on any atom is -0.381 e. The lowest BCUT2D eigenvalue weighted by Crippen LogP contribution is -2.22. The van der Waals surface area contributed by atoms with Crippen LogP contribution in [0.5, 0.6) is 0 Å². The number of hydrogen-bond acceptors (Lipinski definition) is 3. The van der Waals surface area contributed by atoms with E-state index in [4.69, 9.17) is 9.84 Å². The van der Waals surface area contributed by atoms with Crippen molar-refractivity contribution in [3.63, 3.8) is 0 Å². The van der Waals surface area contributed by atoms with Gasteiger partial charge in [-0.2, -0.15) is 5.10 Å². The van der Waals surface area contributed by atoms with E-state index in [1.54, 1.807) is 0 Å². The van der Waals surface area contributed by atoms with Crippen molar-refractivity contribution in [2.24, 2.45) is 0 Å². The molecule has 1 aliphatic rings. The Bertz CT molecular complexity index is 408. The first-order chi connectivity index (χ1) is 9.22. The van der Waals surface area contributed by atoms with E-state index in [-0.39, 0.29) is 0 Å². The first-order valence-electron chi connectivity index (χ1n) is 7.58. The summed E-state index contributed by atoms with van der Waals surface area (Å²) in [5.41, 5.74) is 4.08. The quantitative estimate of drug-likeness (QED) is 0.889. The van der Waals surface area contributed by atoms with E-state index >= 15 is 0 Å². The fourth-order valence-corrected chi connectivity index (χ4v) is 3.02. The van der Waals surface area contributed by atoms with Crippen molar-refractivity contribution >= 4 is 0 Å². The molecule has 1 aromatic heterocycles. The Morgan fingerprint density at radius 3 is 2.53 bits per heavy atom. The fraction of sp³-hybridized carbons (Fsp3) is 0.800. The van der Waals surface area contributed by atoms with Gasteiger partial charge in [0.05, 0.1) is 11.7 Å². The molecule has 2 rings (SSSR count). The molecule has 0 saturated carbocycles. The van der Waals surface area contributed by atoms with E-state index in [0.29, 0.717) is 12.1 Å². The number of aromatic nitrogens is 2. The van der Waals surface area contributed by atoms with Gasteiger partial charge in [0.15, 0.2) is 0 Å². The highest BCUT2D eigenvalue weighted by Gasteiger charge is 2.25. The summed E-state index contributed by atoms with van der Waals surface area (Å²) >= 11 is 0. The summed E-state index contributed by atoms with van der Waals surface area (Å²) in [7, 11) is 2.02. The lowest BCUT2D eigenvalue weighted by atomic mass is 10.0. The molecule has 1 atom stereocenters. The van der Waals surface area contributed by atoms with Crippen LogP contribution in [0.15, 0.2) is 0 Å². The van der Waals surface area contributed by atoms with Crippen LogP contribution >= 0.6 is 0 Å². The van der Waals surface area contributed by atoms with Gasteiger partial charge in [-0.15, -0.1) is 0 Å². The average Bonchev–Trinajstić information content (AvgIpc) is 2.85. The maximum absolute atomic E-state index is 5.47. The normalized spacial score (nSPS) is 18.7. The topological polar surface area (TPSA) is 39.1 Å². The van der Waals surface area contributed by atoms with Crippen molar-refractivity contribution in [1.82, 2.24) is 15.1 Å². The number of hydrogen-bond donors (Lipinski definition) is 1. The zero-order chi connectivity index (χ0) is 13.8. The summed E-state index contributed by atoms with van der Waals surface area (Å²) in [6, 6.07) is 0.894. The summed E-state index contributed by atoms with van der Waals surface area (Å²) in [5.74, 6) is 0. The van der Waals surface area contributed by atoms with Crippen LogP contribution in [0.3, 0.4) is 0 Å². The predicted octanol–water partition coefficient (Wildman–Crippen LogP) is 2.64. The first kappa shape index (κ1) is 14.5. The van der Waals surface area contributed by atoms with E-state index in [9.17, 15) is 0 Å². The zero-order valence-electron chi connectivity index (χ0n) is 12.7. The lowest BCUT2D eigenvalue weighted by molar-refractivity contribution is 0.0653. The molecule has 4 heteroatoms. The molecule has 1 fully saturated rings. The van der Waals surface area contributed by atoms with Gasteiger partial charge in [-0.05, 0) is 39.7 Å². The maximum Gasteiger partial charge on any atom is 0.0672 e. The molecular weight excluding hydrogens is 238 g/mol. The number of rotatable bonds is 5. The van der Waals surface area contributed by atoms with E-state index in [1.165, 1.54) is 17.0 Å². The Morgan fingerprint density at radius 1 is 1.32 bits per heavy atom. The number of nitrogens with one attached hydrogen (secondary N) is 1. The van der Waals surface area contributed by atoms with E-state index in [2.05, 4.69) is 30.8 Å². The van der Waals surface area contributed by atoms with E-state index < -0.39 is 0 Å². The second kappa shape index (κ2) is 6.53. The fourth-order valence-electron chi connectivity index (χ4n) is 3.02. The molecule has 1 unspecified atom stereocenters. The molecule has 0 spiro atoms. The second-order valence-corrected chi connectivity index (χ2v) is 5.31. The van der Waals surface area contributed by atoms with Crippen molar-refractivity contribution in [2.45, 2.75) is 58.5 Å². The third-order valence-electron chi connectivity index (χ3n) is 4.20. The van der Waals surface area contributed by atoms with Crippen LogP contribution in [0.1, 0.15) is 62.6 Å². The highest BCUT2D eigenvalue weighted by Crippen LogP contribution is 2.29. The monoisotopic (exact) mass is 265 g/mol. The van der Waals surface area contributed by atoms with Crippen LogP contribution < -0.4 is 5.32 Å². The Hall–Kier alpha value is -0.870. The molecule has 1 aromatic rings. The van der Waals surface area contributed by atoms with Gasteiger partial charge in [0.1, 0.15) is 0 Å². The average molecular weight is 265 g/mol. The second-order valence-electron chi connectivity index (χ2n) is 5.31. The minimum absolute atomic E-state index is 0.374. The van der Waals surface area contributed by atoms with Gasteiger partial charge in [0.2, 0.25) is 0 Å². The Balaban J connectivity index is 2.39. The van der Waals surface area contributed by atoms with E-state index in [1.807, 2.05) is 7.05 Å². The van der Waals surface area contributed by atoms with Gasteiger partial charge >= 0.3 is 0 Å². The molecule has 19 heavy (non-hydrogen) atoms. The summed E-state index contributed by atoms with van der Waals surface area (Å²) in [6.07, 6.45) is 4.23. The Kier molecular flexibility index (Phi) is 4.99. The SMILES string of the molecule is CCc1nn(C2CCOCC2)c(CC)c1C(C)NC.